The average molecular weight is 471 g/mol. The van der Waals surface area contributed by atoms with Crippen LogP contribution in [0.4, 0.5) is 9.59 Å². The summed E-state index contributed by atoms with van der Waals surface area (Å²) in [6.45, 7) is 9.24. The van der Waals surface area contributed by atoms with Gasteiger partial charge in [0.2, 0.25) is 0 Å². The molecule has 8 heteroatoms. The third kappa shape index (κ3) is 9.52. The maximum Gasteiger partial charge on any atom is 0.413 e. The normalized spacial score (nSPS) is 12.3. The highest BCUT2D eigenvalue weighted by Crippen LogP contribution is 2.27. The molecule has 1 atom stereocenters. The van der Waals surface area contributed by atoms with E-state index in [0.29, 0.717) is 12.2 Å². The summed E-state index contributed by atoms with van der Waals surface area (Å²) >= 11 is 0. The van der Waals surface area contributed by atoms with Crippen molar-refractivity contribution in [1.29, 1.82) is 0 Å². The Balaban J connectivity index is 2.06. The zero-order valence-corrected chi connectivity index (χ0v) is 20.4. The van der Waals surface area contributed by atoms with Crippen LogP contribution in [-0.4, -0.2) is 36.3 Å². The molecule has 2 aromatic carbocycles. The highest BCUT2D eigenvalue weighted by Gasteiger charge is 2.38. The Hall–Kier alpha value is -3.55. The molecule has 2 N–H and O–H groups in total. The molecular weight excluding hydrogens is 436 g/mol. The fourth-order valence-electron chi connectivity index (χ4n) is 3.07. The van der Waals surface area contributed by atoms with Gasteiger partial charge in [0.1, 0.15) is 24.0 Å². The molecule has 0 saturated carbocycles. The van der Waals surface area contributed by atoms with Crippen LogP contribution in [0.2, 0.25) is 0 Å². The van der Waals surface area contributed by atoms with Crippen molar-refractivity contribution in [3.63, 3.8) is 0 Å². The van der Waals surface area contributed by atoms with Crippen molar-refractivity contribution in [3.05, 3.63) is 66.2 Å². The van der Waals surface area contributed by atoms with Crippen LogP contribution in [0, 0.1) is 5.41 Å². The number of carbonyl (C=O) groups is 3. The van der Waals surface area contributed by atoms with Gasteiger partial charge < -0.3 is 24.8 Å². The zero-order valence-electron chi connectivity index (χ0n) is 20.4. The number of hydrogen-bond donors (Lipinski definition) is 2. The van der Waals surface area contributed by atoms with Crippen LogP contribution >= 0.6 is 0 Å². The number of esters is 1. The summed E-state index contributed by atoms with van der Waals surface area (Å²) in [6.07, 6.45) is -0.966. The Morgan fingerprint density at radius 1 is 0.853 bits per heavy atom. The standard InChI is InChI=1S/C26H34N2O6/c1-25(2,3)34-23(30)27-17-16-26(4,5)21(22(29)32-18-19-12-8-6-9-13-19)28-24(31)33-20-14-10-7-11-15-20/h6-15,21H,16-18H2,1-5H3,(H,27,30)(H,28,31)/t21-/m0/s1. The lowest BCUT2D eigenvalue weighted by atomic mass is 9.81. The second kappa shape index (κ2) is 12.1. The third-order valence-electron chi connectivity index (χ3n) is 4.89. The highest BCUT2D eigenvalue weighted by atomic mass is 16.6. The number of benzene rings is 2. The van der Waals surface area contributed by atoms with E-state index in [1.807, 2.05) is 30.3 Å². The number of carbonyl (C=O) groups excluding carboxylic acids is 3. The third-order valence-corrected chi connectivity index (χ3v) is 4.89. The van der Waals surface area contributed by atoms with Crippen molar-refractivity contribution in [1.82, 2.24) is 10.6 Å². The molecule has 0 aliphatic heterocycles. The topological polar surface area (TPSA) is 103 Å². The molecule has 0 radical (unpaired) electrons. The molecule has 0 aromatic heterocycles. The Morgan fingerprint density at radius 2 is 1.44 bits per heavy atom. The first-order chi connectivity index (χ1) is 16.0. The van der Waals surface area contributed by atoms with Crippen molar-refractivity contribution >= 4 is 18.2 Å². The SMILES string of the molecule is CC(C)(C)OC(=O)NCCC(C)(C)[C@@H](NC(=O)Oc1ccccc1)C(=O)OCc1ccccc1. The number of para-hydroxylation sites is 1. The largest absolute Gasteiger partial charge is 0.459 e. The van der Waals surface area contributed by atoms with E-state index in [1.165, 1.54) is 0 Å². The molecule has 2 aromatic rings. The van der Waals surface area contributed by atoms with Gasteiger partial charge in [0.15, 0.2) is 0 Å². The summed E-state index contributed by atoms with van der Waals surface area (Å²) in [4.78, 5) is 37.6. The van der Waals surface area contributed by atoms with Crippen molar-refractivity contribution < 1.29 is 28.6 Å². The molecule has 0 spiro atoms. The van der Waals surface area contributed by atoms with Crippen LogP contribution in [0.3, 0.4) is 0 Å². The number of hydrogen-bond acceptors (Lipinski definition) is 6. The molecule has 0 heterocycles. The molecular formula is C26H34N2O6. The fraction of sp³-hybridized carbons (Fsp3) is 0.423. The Bertz CT molecular complexity index is 939. The van der Waals surface area contributed by atoms with Gasteiger partial charge in [-0.3, -0.25) is 0 Å². The van der Waals surface area contributed by atoms with Crippen LogP contribution < -0.4 is 15.4 Å². The maximum atomic E-state index is 13.0. The van der Waals surface area contributed by atoms with E-state index in [0.717, 1.165) is 5.56 Å². The van der Waals surface area contributed by atoms with Crippen LogP contribution in [-0.2, 0) is 20.9 Å². The number of amides is 2. The number of rotatable bonds is 9. The summed E-state index contributed by atoms with van der Waals surface area (Å²) in [7, 11) is 0. The van der Waals surface area contributed by atoms with E-state index >= 15 is 0 Å². The minimum absolute atomic E-state index is 0.0673. The van der Waals surface area contributed by atoms with Crippen LogP contribution in [0.25, 0.3) is 0 Å². The second-order valence-corrected chi connectivity index (χ2v) is 9.54. The Labute approximate surface area is 201 Å². The van der Waals surface area contributed by atoms with Gasteiger partial charge in [0.05, 0.1) is 0 Å². The van der Waals surface area contributed by atoms with E-state index in [1.54, 1.807) is 65.0 Å². The lowest BCUT2D eigenvalue weighted by Crippen LogP contribution is -2.52. The molecule has 34 heavy (non-hydrogen) atoms. The average Bonchev–Trinajstić information content (AvgIpc) is 2.76. The molecule has 0 saturated heterocycles. The monoisotopic (exact) mass is 470 g/mol. The van der Waals surface area contributed by atoms with Crippen molar-refractivity contribution in [2.75, 3.05) is 6.54 Å². The number of ether oxygens (including phenoxy) is 3. The molecule has 0 fully saturated rings. The van der Waals surface area contributed by atoms with Gasteiger partial charge >= 0.3 is 18.2 Å². The summed E-state index contributed by atoms with van der Waals surface area (Å²) < 4.78 is 16.1. The minimum atomic E-state index is -1.02. The summed E-state index contributed by atoms with van der Waals surface area (Å²) in [6, 6.07) is 16.8. The van der Waals surface area contributed by atoms with E-state index in [9.17, 15) is 14.4 Å². The van der Waals surface area contributed by atoms with Crippen molar-refractivity contribution in [2.24, 2.45) is 5.41 Å². The molecule has 0 aliphatic carbocycles. The minimum Gasteiger partial charge on any atom is -0.459 e. The molecule has 0 unspecified atom stereocenters. The molecule has 0 aliphatic rings. The van der Waals surface area contributed by atoms with E-state index in [2.05, 4.69) is 10.6 Å². The van der Waals surface area contributed by atoms with Gasteiger partial charge in [-0.25, -0.2) is 14.4 Å². The Kier molecular flexibility index (Phi) is 9.47. The first kappa shape index (κ1) is 26.7. The van der Waals surface area contributed by atoms with E-state index < -0.39 is 35.2 Å². The summed E-state index contributed by atoms with van der Waals surface area (Å²) in [5.74, 6) is -0.253. The van der Waals surface area contributed by atoms with Crippen molar-refractivity contribution in [2.45, 2.75) is 59.3 Å². The van der Waals surface area contributed by atoms with Crippen LogP contribution in [0.5, 0.6) is 5.75 Å². The predicted molar refractivity (Wildman–Crippen MR) is 128 cm³/mol. The summed E-state index contributed by atoms with van der Waals surface area (Å²) in [5.41, 5.74) is -0.573. The highest BCUT2D eigenvalue weighted by molar-refractivity contribution is 5.83. The zero-order chi connectivity index (χ0) is 25.2. The first-order valence-corrected chi connectivity index (χ1v) is 11.2. The predicted octanol–water partition coefficient (Wildman–Crippen LogP) is 4.83. The van der Waals surface area contributed by atoms with Gasteiger partial charge in [-0.15, -0.1) is 0 Å². The van der Waals surface area contributed by atoms with Gasteiger partial charge in [-0.2, -0.15) is 0 Å². The maximum absolute atomic E-state index is 13.0. The Morgan fingerprint density at radius 3 is 2.03 bits per heavy atom. The van der Waals surface area contributed by atoms with Crippen LogP contribution in [0.15, 0.2) is 60.7 Å². The molecule has 2 amide bonds. The van der Waals surface area contributed by atoms with Gasteiger partial charge in [0, 0.05) is 6.54 Å². The smallest absolute Gasteiger partial charge is 0.413 e. The van der Waals surface area contributed by atoms with E-state index in [-0.39, 0.29) is 13.2 Å². The first-order valence-electron chi connectivity index (χ1n) is 11.2. The second-order valence-electron chi connectivity index (χ2n) is 9.54. The molecule has 0 bridgehead atoms. The van der Waals surface area contributed by atoms with Crippen LogP contribution in [0.1, 0.15) is 46.6 Å². The van der Waals surface area contributed by atoms with E-state index in [4.69, 9.17) is 14.2 Å². The van der Waals surface area contributed by atoms with Crippen molar-refractivity contribution in [3.8, 4) is 5.75 Å². The summed E-state index contributed by atoms with van der Waals surface area (Å²) in [5, 5.41) is 5.32. The lowest BCUT2D eigenvalue weighted by molar-refractivity contribution is -0.150. The molecule has 2 rings (SSSR count). The number of alkyl carbamates (subject to hydrolysis) is 1. The molecule has 184 valence electrons. The quantitative estimate of drug-likeness (QED) is 0.509. The van der Waals surface area contributed by atoms with Gasteiger partial charge in [-0.05, 0) is 50.3 Å². The number of nitrogens with one attached hydrogen (secondary N) is 2. The lowest BCUT2D eigenvalue weighted by Gasteiger charge is -2.33. The van der Waals surface area contributed by atoms with Gasteiger partial charge in [0.25, 0.3) is 0 Å². The molecule has 8 nitrogen and oxygen atoms in total. The van der Waals surface area contributed by atoms with Gasteiger partial charge in [-0.1, -0.05) is 62.4 Å². The fourth-order valence-corrected chi connectivity index (χ4v) is 3.07.